The molecule has 0 atom stereocenters. The van der Waals surface area contributed by atoms with Crippen LogP contribution in [0.3, 0.4) is 0 Å². The number of aromatic nitrogens is 1. The van der Waals surface area contributed by atoms with Crippen molar-refractivity contribution in [2.45, 2.75) is 13.3 Å². The fourth-order valence-corrected chi connectivity index (χ4v) is 1.92. The number of carboxylic acid groups (broad SMARTS) is 1. The van der Waals surface area contributed by atoms with E-state index in [1.807, 2.05) is 13.0 Å². The van der Waals surface area contributed by atoms with Crippen LogP contribution in [0.15, 0.2) is 23.9 Å². The summed E-state index contributed by atoms with van der Waals surface area (Å²) in [6, 6.07) is 1.05. The van der Waals surface area contributed by atoms with Gasteiger partial charge in [-0.3, -0.25) is 10.1 Å². The highest BCUT2D eigenvalue weighted by atomic mass is 16.6. The lowest BCUT2D eigenvalue weighted by Crippen LogP contribution is -2.30. The number of hydrogen-bond acceptors (Lipinski definition) is 5. The van der Waals surface area contributed by atoms with Crippen molar-refractivity contribution in [2.24, 2.45) is 0 Å². The Kier molecular flexibility index (Phi) is 3.46. The van der Waals surface area contributed by atoms with Gasteiger partial charge in [-0.25, -0.2) is 9.78 Å². The second-order valence-corrected chi connectivity index (χ2v) is 4.37. The number of pyridine rings is 1. The molecule has 0 aromatic carbocycles. The molecule has 0 saturated heterocycles. The average Bonchev–Trinajstić information content (AvgIpc) is 2.38. The highest BCUT2D eigenvalue weighted by Crippen LogP contribution is 2.25. The Hall–Kier alpha value is -2.44. The molecule has 0 fully saturated rings. The maximum absolute atomic E-state index is 11.2. The SMILES string of the molecule is CC1=CCN(c2ncc([N+](=O)[O-])cc2C(=O)O)CC1. The van der Waals surface area contributed by atoms with Crippen LogP contribution in [0.25, 0.3) is 0 Å². The normalized spacial score (nSPS) is 15.0. The zero-order valence-corrected chi connectivity index (χ0v) is 10.4. The zero-order chi connectivity index (χ0) is 14.0. The summed E-state index contributed by atoms with van der Waals surface area (Å²) in [7, 11) is 0. The van der Waals surface area contributed by atoms with Crippen molar-refractivity contribution in [3.8, 4) is 0 Å². The molecule has 7 heteroatoms. The van der Waals surface area contributed by atoms with Gasteiger partial charge < -0.3 is 10.0 Å². The first-order chi connectivity index (χ1) is 8.99. The predicted octanol–water partition coefficient (Wildman–Crippen LogP) is 1.84. The third kappa shape index (κ3) is 2.70. The molecular formula is C12H13N3O4. The molecule has 0 aliphatic carbocycles. The first-order valence-electron chi connectivity index (χ1n) is 5.77. The molecule has 7 nitrogen and oxygen atoms in total. The van der Waals surface area contributed by atoms with E-state index in [1.165, 1.54) is 5.57 Å². The number of aromatic carboxylic acids is 1. The van der Waals surface area contributed by atoms with E-state index < -0.39 is 10.9 Å². The Morgan fingerprint density at radius 2 is 2.32 bits per heavy atom. The quantitative estimate of drug-likeness (QED) is 0.507. The van der Waals surface area contributed by atoms with Crippen LogP contribution in [0.4, 0.5) is 11.5 Å². The summed E-state index contributed by atoms with van der Waals surface area (Å²) in [6.45, 7) is 3.24. The molecule has 2 rings (SSSR count). The van der Waals surface area contributed by atoms with E-state index in [0.717, 1.165) is 18.7 Å². The third-order valence-electron chi connectivity index (χ3n) is 3.03. The maximum atomic E-state index is 11.2. The van der Waals surface area contributed by atoms with Crippen molar-refractivity contribution in [2.75, 3.05) is 18.0 Å². The lowest BCUT2D eigenvalue weighted by molar-refractivity contribution is -0.385. The van der Waals surface area contributed by atoms with Gasteiger partial charge in [0.15, 0.2) is 0 Å². The van der Waals surface area contributed by atoms with Crippen LogP contribution in [-0.2, 0) is 0 Å². The molecule has 0 unspecified atom stereocenters. The Bertz CT molecular complexity index is 568. The molecule has 1 aliphatic heterocycles. The summed E-state index contributed by atoms with van der Waals surface area (Å²) in [5, 5.41) is 19.8. The van der Waals surface area contributed by atoms with E-state index in [1.54, 1.807) is 4.90 Å². The molecule has 2 heterocycles. The van der Waals surface area contributed by atoms with Crippen LogP contribution >= 0.6 is 0 Å². The Morgan fingerprint density at radius 3 is 2.84 bits per heavy atom. The summed E-state index contributed by atoms with van der Waals surface area (Å²) in [4.78, 5) is 27.0. The van der Waals surface area contributed by atoms with E-state index in [-0.39, 0.29) is 17.1 Å². The van der Waals surface area contributed by atoms with E-state index in [9.17, 15) is 14.9 Å². The smallest absolute Gasteiger partial charge is 0.339 e. The minimum atomic E-state index is -1.21. The van der Waals surface area contributed by atoms with Crippen molar-refractivity contribution >= 4 is 17.5 Å². The second kappa shape index (κ2) is 5.05. The Morgan fingerprint density at radius 1 is 1.58 bits per heavy atom. The predicted molar refractivity (Wildman–Crippen MR) is 68.4 cm³/mol. The fourth-order valence-electron chi connectivity index (χ4n) is 1.92. The van der Waals surface area contributed by atoms with Crippen molar-refractivity contribution in [1.82, 2.24) is 4.98 Å². The van der Waals surface area contributed by atoms with E-state index >= 15 is 0 Å². The maximum Gasteiger partial charge on any atom is 0.339 e. The van der Waals surface area contributed by atoms with Gasteiger partial charge in [-0.2, -0.15) is 0 Å². The highest BCUT2D eigenvalue weighted by Gasteiger charge is 2.22. The summed E-state index contributed by atoms with van der Waals surface area (Å²) in [6.07, 6.45) is 3.92. The van der Waals surface area contributed by atoms with Gasteiger partial charge in [0.2, 0.25) is 0 Å². The fraction of sp³-hybridized carbons (Fsp3) is 0.333. The first-order valence-corrected chi connectivity index (χ1v) is 5.77. The minimum Gasteiger partial charge on any atom is -0.478 e. The summed E-state index contributed by atoms with van der Waals surface area (Å²) in [5.41, 5.74) is 0.794. The van der Waals surface area contributed by atoms with Gasteiger partial charge in [-0.05, 0) is 13.3 Å². The van der Waals surface area contributed by atoms with Crippen LogP contribution in [-0.4, -0.2) is 34.1 Å². The lowest BCUT2D eigenvalue weighted by Gasteiger charge is -2.27. The van der Waals surface area contributed by atoms with Gasteiger partial charge in [-0.15, -0.1) is 0 Å². The largest absolute Gasteiger partial charge is 0.478 e. The number of nitrogens with zero attached hydrogens (tertiary/aromatic N) is 3. The van der Waals surface area contributed by atoms with Gasteiger partial charge in [-0.1, -0.05) is 11.6 Å². The van der Waals surface area contributed by atoms with Crippen molar-refractivity contribution < 1.29 is 14.8 Å². The van der Waals surface area contributed by atoms with E-state index in [2.05, 4.69) is 4.98 Å². The summed E-state index contributed by atoms with van der Waals surface area (Å²) < 4.78 is 0. The molecule has 1 aromatic rings. The molecule has 1 aromatic heterocycles. The van der Waals surface area contributed by atoms with E-state index in [4.69, 9.17) is 5.11 Å². The van der Waals surface area contributed by atoms with Gasteiger partial charge >= 0.3 is 5.97 Å². The monoisotopic (exact) mass is 263 g/mol. The minimum absolute atomic E-state index is 0.137. The number of rotatable bonds is 3. The molecule has 19 heavy (non-hydrogen) atoms. The molecule has 0 spiro atoms. The average molecular weight is 263 g/mol. The summed E-state index contributed by atoms with van der Waals surface area (Å²) >= 11 is 0. The van der Waals surface area contributed by atoms with E-state index in [0.29, 0.717) is 13.1 Å². The molecule has 0 bridgehead atoms. The number of hydrogen-bond donors (Lipinski definition) is 1. The number of anilines is 1. The number of carbonyl (C=O) groups is 1. The standard InChI is InChI=1S/C12H13N3O4/c1-8-2-4-14(5-3-8)11-10(12(16)17)6-9(7-13-11)15(18)19/h2,6-7H,3-5H2,1H3,(H,16,17). The van der Waals surface area contributed by atoms with Gasteiger partial charge in [0.05, 0.1) is 4.92 Å². The van der Waals surface area contributed by atoms with Crippen LogP contribution in [0.5, 0.6) is 0 Å². The molecule has 0 saturated carbocycles. The number of nitro groups is 1. The molecule has 0 radical (unpaired) electrons. The molecule has 1 aliphatic rings. The van der Waals surface area contributed by atoms with Crippen LogP contribution in [0, 0.1) is 10.1 Å². The molecule has 100 valence electrons. The van der Waals surface area contributed by atoms with Gasteiger partial charge in [0.25, 0.3) is 5.69 Å². The first kappa shape index (κ1) is 13.0. The van der Waals surface area contributed by atoms with Crippen LogP contribution < -0.4 is 4.90 Å². The Balaban J connectivity index is 2.40. The highest BCUT2D eigenvalue weighted by molar-refractivity contribution is 5.94. The molecule has 1 N–H and O–H groups in total. The van der Waals surface area contributed by atoms with Crippen LogP contribution in [0.1, 0.15) is 23.7 Å². The Labute approximate surface area is 109 Å². The third-order valence-corrected chi connectivity index (χ3v) is 3.03. The zero-order valence-electron chi connectivity index (χ0n) is 10.4. The lowest BCUT2D eigenvalue weighted by atomic mass is 10.1. The van der Waals surface area contributed by atoms with Crippen molar-refractivity contribution in [3.05, 3.63) is 39.6 Å². The molecular weight excluding hydrogens is 250 g/mol. The van der Waals surface area contributed by atoms with Gasteiger partial charge in [0.1, 0.15) is 17.6 Å². The van der Waals surface area contributed by atoms with Gasteiger partial charge in [0, 0.05) is 19.2 Å². The number of carboxylic acids is 1. The topological polar surface area (TPSA) is 96.6 Å². The van der Waals surface area contributed by atoms with Crippen LogP contribution in [0.2, 0.25) is 0 Å². The summed E-state index contributed by atoms with van der Waals surface area (Å²) in [5.74, 6) is -0.931. The second-order valence-electron chi connectivity index (χ2n) is 4.37. The van der Waals surface area contributed by atoms with Crippen molar-refractivity contribution in [3.63, 3.8) is 0 Å². The van der Waals surface area contributed by atoms with Crippen molar-refractivity contribution in [1.29, 1.82) is 0 Å². The molecule has 0 amide bonds.